The predicted octanol–water partition coefficient (Wildman–Crippen LogP) is 2.99. The van der Waals surface area contributed by atoms with Gasteiger partial charge in [0.05, 0.1) is 6.04 Å². The van der Waals surface area contributed by atoms with Crippen LogP contribution in [0.1, 0.15) is 37.6 Å². The van der Waals surface area contributed by atoms with Gasteiger partial charge < -0.3 is 0 Å². The van der Waals surface area contributed by atoms with Gasteiger partial charge in [0.1, 0.15) is 0 Å². The van der Waals surface area contributed by atoms with Crippen molar-refractivity contribution in [3.05, 3.63) is 35.9 Å². The molecule has 0 aromatic heterocycles. The van der Waals surface area contributed by atoms with Crippen molar-refractivity contribution in [1.29, 1.82) is 0 Å². The topological polar surface area (TPSA) is 20.3 Å². The van der Waals surface area contributed by atoms with E-state index in [-0.39, 0.29) is 11.8 Å². The quantitative estimate of drug-likeness (QED) is 0.685. The first kappa shape index (κ1) is 12.9. The zero-order valence-electron chi connectivity index (χ0n) is 10.4. The van der Waals surface area contributed by atoms with Crippen LogP contribution in [-0.4, -0.2) is 29.8 Å². The van der Waals surface area contributed by atoms with E-state index in [1.807, 2.05) is 30.3 Å². The van der Waals surface area contributed by atoms with Crippen LogP contribution in [0.5, 0.6) is 0 Å². The molecular weight excluding hydrogens is 198 g/mol. The fourth-order valence-electron chi connectivity index (χ4n) is 2.07. The zero-order valence-corrected chi connectivity index (χ0v) is 10.4. The van der Waals surface area contributed by atoms with Crippen molar-refractivity contribution in [1.82, 2.24) is 4.90 Å². The molecule has 0 radical (unpaired) electrons. The molecule has 1 rings (SSSR count). The van der Waals surface area contributed by atoms with Gasteiger partial charge in [-0.15, -0.1) is 0 Å². The molecule has 2 nitrogen and oxygen atoms in total. The highest BCUT2D eigenvalue weighted by molar-refractivity contribution is 6.00. The number of hydrogen-bond donors (Lipinski definition) is 0. The summed E-state index contributed by atoms with van der Waals surface area (Å²) in [5.41, 5.74) is 0.821. The minimum Gasteiger partial charge on any atom is -0.294 e. The van der Waals surface area contributed by atoms with Crippen LogP contribution in [0.3, 0.4) is 0 Å². The van der Waals surface area contributed by atoms with Crippen LogP contribution in [0, 0.1) is 0 Å². The van der Waals surface area contributed by atoms with Gasteiger partial charge in [-0.2, -0.15) is 0 Å². The lowest BCUT2D eigenvalue weighted by Gasteiger charge is -2.27. The second-order valence-electron chi connectivity index (χ2n) is 3.88. The number of carbonyl (C=O) groups excluding carboxylic acids is 1. The molecule has 88 valence electrons. The molecule has 0 spiro atoms. The van der Waals surface area contributed by atoms with E-state index in [1.165, 1.54) is 0 Å². The molecule has 0 aliphatic rings. The Bertz CT molecular complexity index is 317. The fraction of sp³-hybridized carbons (Fsp3) is 0.500. The molecule has 1 unspecified atom stereocenters. The fourth-order valence-corrected chi connectivity index (χ4v) is 2.07. The molecule has 0 amide bonds. The van der Waals surface area contributed by atoms with E-state index in [0.29, 0.717) is 0 Å². The van der Waals surface area contributed by atoms with Gasteiger partial charge in [0, 0.05) is 5.56 Å². The highest BCUT2D eigenvalue weighted by atomic mass is 16.1. The van der Waals surface area contributed by atoms with Gasteiger partial charge >= 0.3 is 0 Å². The third kappa shape index (κ3) is 2.92. The van der Waals surface area contributed by atoms with Crippen molar-refractivity contribution in [2.45, 2.75) is 33.2 Å². The van der Waals surface area contributed by atoms with Crippen molar-refractivity contribution in [3.63, 3.8) is 0 Å². The lowest BCUT2D eigenvalue weighted by molar-refractivity contribution is 0.0826. The van der Waals surface area contributed by atoms with Gasteiger partial charge in [-0.25, -0.2) is 0 Å². The average Bonchev–Trinajstić information content (AvgIpc) is 2.36. The van der Waals surface area contributed by atoms with E-state index < -0.39 is 0 Å². The maximum atomic E-state index is 12.3. The van der Waals surface area contributed by atoms with Crippen molar-refractivity contribution < 1.29 is 4.79 Å². The molecule has 1 aromatic rings. The van der Waals surface area contributed by atoms with Crippen LogP contribution in [0.4, 0.5) is 0 Å². The summed E-state index contributed by atoms with van der Waals surface area (Å²) in [6, 6.07) is 9.60. The smallest absolute Gasteiger partial charge is 0.179 e. The molecule has 0 N–H and O–H groups in total. The summed E-state index contributed by atoms with van der Waals surface area (Å²) in [6.45, 7) is 8.12. The molecular formula is C14H21NO. The molecule has 2 heteroatoms. The number of likely N-dealkylation sites (N-methyl/N-ethyl adjacent to an activating group) is 1. The molecule has 0 aliphatic heterocycles. The minimum absolute atomic E-state index is 0.0254. The number of Topliss-reactive ketones (excluding diaryl/α,β-unsaturated/α-hetero) is 1. The van der Waals surface area contributed by atoms with Gasteiger partial charge in [-0.3, -0.25) is 9.69 Å². The van der Waals surface area contributed by atoms with Crippen LogP contribution in [-0.2, 0) is 0 Å². The molecule has 0 saturated carbocycles. The number of benzene rings is 1. The molecule has 0 saturated heterocycles. The Balaban J connectivity index is 2.85. The summed E-state index contributed by atoms with van der Waals surface area (Å²) < 4.78 is 0. The van der Waals surface area contributed by atoms with Gasteiger partial charge in [0.25, 0.3) is 0 Å². The Kier molecular flexibility index (Phi) is 5.20. The summed E-state index contributed by atoms with van der Waals surface area (Å²) >= 11 is 0. The summed E-state index contributed by atoms with van der Waals surface area (Å²) in [7, 11) is 0. The average molecular weight is 219 g/mol. The SMILES string of the molecule is CCC(C(=O)c1ccccc1)N(CC)CC. The normalized spacial score (nSPS) is 12.8. The minimum atomic E-state index is 0.0254. The lowest BCUT2D eigenvalue weighted by Crippen LogP contribution is -2.40. The highest BCUT2D eigenvalue weighted by Gasteiger charge is 2.22. The Morgan fingerprint density at radius 3 is 2.12 bits per heavy atom. The number of rotatable bonds is 6. The van der Waals surface area contributed by atoms with E-state index in [9.17, 15) is 4.79 Å². The molecule has 0 bridgehead atoms. The van der Waals surface area contributed by atoms with Crippen molar-refractivity contribution in [3.8, 4) is 0 Å². The van der Waals surface area contributed by atoms with E-state index in [1.54, 1.807) is 0 Å². The van der Waals surface area contributed by atoms with Crippen LogP contribution < -0.4 is 0 Å². The van der Waals surface area contributed by atoms with Gasteiger partial charge in [0.2, 0.25) is 0 Å². The van der Waals surface area contributed by atoms with Gasteiger partial charge in [-0.1, -0.05) is 51.1 Å². The Morgan fingerprint density at radius 2 is 1.69 bits per heavy atom. The van der Waals surface area contributed by atoms with Crippen molar-refractivity contribution in [2.24, 2.45) is 0 Å². The van der Waals surface area contributed by atoms with Gasteiger partial charge in [0.15, 0.2) is 5.78 Å². The highest BCUT2D eigenvalue weighted by Crippen LogP contribution is 2.12. The number of carbonyl (C=O) groups is 1. The third-order valence-electron chi connectivity index (χ3n) is 3.00. The zero-order chi connectivity index (χ0) is 12.0. The van der Waals surface area contributed by atoms with Crippen molar-refractivity contribution >= 4 is 5.78 Å². The van der Waals surface area contributed by atoms with E-state index in [0.717, 1.165) is 25.1 Å². The summed E-state index contributed by atoms with van der Waals surface area (Å²) in [4.78, 5) is 14.5. The first-order valence-corrected chi connectivity index (χ1v) is 6.07. The monoisotopic (exact) mass is 219 g/mol. The van der Waals surface area contributed by atoms with Gasteiger partial charge in [-0.05, 0) is 19.5 Å². The maximum Gasteiger partial charge on any atom is 0.179 e. The van der Waals surface area contributed by atoms with E-state index in [2.05, 4.69) is 25.7 Å². The second-order valence-corrected chi connectivity index (χ2v) is 3.88. The van der Waals surface area contributed by atoms with Crippen LogP contribution in [0.25, 0.3) is 0 Å². The van der Waals surface area contributed by atoms with Crippen LogP contribution in [0.15, 0.2) is 30.3 Å². The first-order valence-electron chi connectivity index (χ1n) is 6.07. The second kappa shape index (κ2) is 6.44. The van der Waals surface area contributed by atoms with E-state index in [4.69, 9.17) is 0 Å². The molecule has 16 heavy (non-hydrogen) atoms. The molecule has 0 heterocycles. The molecule has 1 atom stereocenters. The lowest BCUT2D eigenvalue weighted by atomic mass is 10.0. The Hall–Kier alpha value is -1.15. The van der Waals surface area contributed by atoms with E-state index >= 15 is 0 Å². The predicted molar refractivity (Wildman–Crippen MR) is 67.8 cm³/mol. The molecule has 0 fully saturated rings. The van der Waals surface area contributed by atoms with Crippen molar-refractivity contribution in [2.75, 3.05) is 13.1 Å². The first-order chi connectivity index (χ1) is 7.74. The summed E-state index contributed by atoms with van der Waals surface area (Å²) in [6.07, 6.45) is 0.870. The Labute approximate surface area is 98.3 Å². The number of ketones is 1. The molecule has 0 aliphatic carbocycles. The number of hydrogen-bond acceptors (Lipinski definition) is 2. The van der Waals surface area contributed by atoms with Crippen LogP contribution in [0.2, 0.25) is 0 Å². The molecule has 1 aromatic carbocycles. The summed E-state index contributed by atoms with van der Waals surface area (Å²) in [5.74, 6) is 0.242. The Morgan fingerprint density at radius 1 is 1.12 bits per heavy atom. The number of nitrogens with zero attached hydrogens (tertiary/aromatic N) is 1. The maximum absolute atomic E-state index is 12.3. The standard InChI is InChI=1S/C14H21NO/c1-4-13(15(5-2)6-3)14(16)12-10-8-7-9-11-12/h7-11,13H,4-6H2,1-3H3. The largest absolute Gasteiger partial charge is 0.294 e. The van der Waals surface area contributed by atoms with Crippen LogP contribution >= 0.6 is 0 Å². The third-order valence-corrected chi connectivity index (χ3v) is 3.00. The summed E-state index contributed by atoms with van der Waals surface area (Å²) in [5, 5.41) is 0.